The molecule has 2 aromatic rings. The van der Waals surface area contributed by atoms with Gasteiger partial charge >= 0.3 is 0 Å². The third kappa shape index (κ3) is 5.01. The Labute approximate surface area is 181 Å². The maximum atomic E-state index is 13.1. The van der Waals surface area contributed by atoms with Crippen molar-refractivity contribution in [2.75, 3.05) is 54.1 Å². The molecule has 1 saturated heterocycles. The number of nitrogens with zero attached hydrogens (tertiary/aromatic N) is 2. The summed E-state index contributed by atoms with van der Waals surface area (Å²) >= 11 is 1.63. The summed E-state index contributed by atoms with van der Waals surface area (Å²) in [5.74, 6) is -0.123. The molecule has 1 atom stereocenters. The van der Waals surface area contributed by atoms with Crippen LogP contribution >= 0.6 is 11.3 Å². The highest BCUT2D eigenvalue weighted by molar-refractivity contribution is 7.89. The van der Waals surface area contributed by atoms with Crippen molar-refractivity contribution in [2.45, 2.75) is 10.9 Å². The lowest BCUT2D eigenvalue weighted by molar-refractivity contribution is 0.0729. The molecule has 0 saturated carbocycles. The monoisotopic (exact) mass is 453 g/mol. The van der Waals surface area contributed by atoms with Crippen LogP contribution in [0.5, 0.6) is 5.75 Å². The molecule has 8 nitrogen and oxygen atoms in total. The Morgan fingerprint density at radius 2 is 2.03 bits per heavy atom. The lowest BCUT2D eigenvalue weighted by atomic mass is 10.2. The number of methoxy groups -OCH3 is 1. The Bertz CT molecular complexity index is 955. The van der Waals surface area contributed by atoms with Crippen molar-refractivity contribution in [1.82, 2.24) is 14.5 Å². The summed E-state index contributed by atoms with van der Waals surface area (Å²) in [6, 6.07) is 8.51. The number of amides is 1. The molecule has 0 radical (unpaired) electrons. The minimum atomic E-state index is -3.80. The van der Waals surface area contributed by atoms with Crippen LogP contribution in [0.2, 0.25) is 0 Å². The highest BCUT2D eigenvalue weighted by atomic mass is 32.2. The van der Waals surface area contributed by atoms with E-state index >= 15 is 0 Å². The topological polar surface area (TPSA) is 88.2 Å². The van der Waals surface area contributed by atoms with Gasteiger partial charge in [0.2, 0.25) is 10.0 Å². The van der Waals surface area contributed by atoms with Crippen molar-refractivity contribution in [3.63, 3.8) is 0 Å². The zero-order chi connectivity index (χ0) is 21.7. The number of thiophene rings is 1. The lowest BCUT2D eigenvalue weighted by Gasteiger charge is -2.27. The van der Waals surface area contributed by atoms with Gasteiger partial charge in [-0.05, 0) is 43.7 Å². The van der Waals surface area contributed by atoms with Crippen LogP contribution in [0, 0.1) is 0 Å². The molecule has 0 bridgehead atoms. The summed E-state index contributed by atoms with van der Waals surface area (Å²) in [5.41, 5.74) is 0.270. The lowest BCUT2D eigenvalue weighted by Crippen LogP contribution is -2.40. The molecule has 0 spiro atoms. The third-order valence-electron chi connectivity index (χ3n) is 4.96. The summed E-state index contributed by atoms with van der Waals surface area (Å²) in [6.45, 7) is 1.64. The van der Waals surface area contributed by atoms with E-state index in [4.69, 9.17) is 9.47 Å². The molecule has 3 rings (SSSR count). The predicted molar refractivity (Wildman–Crippen MR) is 116 cm³/mol. The van der Waals surface area contributed by atoms with Crippen LogP contribution in [0.3, 0.4) is 0 Å². The molecule has 1 unspecified atom stereocenters. The summed E-state index contributed by atoms with van der Waals surface area (Å²) in [5, 5.41) is 4.92. The first-order chi connectivity index (χ1) is 14.3. The van der Waals surface area contributed by atoms with E-state index in [1.54, 1.807) is 17.4 Å². The minimum absolute atomic E-state index is 0.0121. The number of carbonyl (C=O) groups excluding carboxylic acids is 1. The number of carbonyl (C=O) groups is 1. The number of rotatable bonds is 8. The van der Waals surface area contributed by atoms with Gasteiger partial charge in [-0.15, -0.1) is 11.3 Å². The van der Waals surface area contributed by atoms with Crippen molar-refractivity contribution in [2.24, 2.45) is 0 Å². The molecule has 1 aliphatic heterocycles. The van der Waals surface area contributed by atoms with Crippen LogP contribution < -0.4 is 10.1 Å². The zero-order valence-corrected chi connectivity index (χ0v) is 19.0. The van der Waals surface area contributed by atoms with Crippen LogP contribution in [-0.2, 0) is 14.8 Å². The van der Waals surface area contributed by atoms with Crippen LogP contribution in [0.15, 0.2) is 40.6 Å². The van der Waals surface area contributed by atoms with Gasteiger partial charge in [0, 0.05) is 30.1 Å². The van der Waals surface area contributed by atoms with Crippen molar-refractivity contribution in [3.05, 3.63) is 46.2 Å². The molecular weight excluding hydrogens is 426 g/mol. The fraction of sp³-hybridized carbons (Fsp3) is 0.450. The van der Waals surface area contributed by atoms with Gasteiger partial charge in [0.1, 0.15) is 10.6 Å². The van der Waals surface area contributed by atoms with Gasteiger partial charge in [-0.2, -0.15) is 4.31 Å². The summed E-state index contributed by atoms with van der Waals surface area (Å²) < 4.78 is 38.1. The van der Waals surface area contributed by atoms with E-state index in [0.29, 0.717) is 19.8 Å². The second kappa shape index (κ2) is 9.88. The van der Waals surface area contributed by atoms with E-state index < -0.39 is 10.0 Å². The van der Waals surface area contributed by atoms with Gasteiger partial charge in [-0.1, -0.05) is 6.07 Å². The number of ether oxygens (including phenoxy) is 2. The molecular formula is C20H27N3O5S2. The molecule has 1 N–H and O–H groups in total. The van der Waals surface area contributed by atoms with Gasteiger partial charge in [-0.3, -0.25) is 4.79 Å². The second-order valence-electron chi connectivity index (χ2n) is 7.09. The van der Waals surface area contributed by atoms with E-state index in [1.165, 1.54) is 23.5 Å². The van der Waals surface area contributed by atoms with Crippen molar-refractivity contribution < 1.29 is 22.7 Å². The first-order valence-electron chi connectivity index (χ1n) is 9.58. The fourth-order valence-electron chi connectivity index (χ4n) is 3.26. The number of benzene rings is 1. The Kier molecular flexibility index (Phi) is 7.48. The normalized spacial score (nSPS) is 16.4. The molecule has 1 aromatic heterocycles. The number of sulfonamides is 1. The number of hydrogen-bond donors (Lipinski definition) is 1. The van der Waals surface area contributed by atoms with Gasteiger partial charge in [0.25, 0.3) is 5.91 Å². The van der Waals surface area contributed by atoms with E-state index in [1.807, 2.05) is 36.5 Å². The van der Waals surface area contributed by atoms with Gasteiger partial charge < -0.3 is 19.7 Å². The maximum absolute atomic E-state index is 13.1. The predicted octanol–water partition coefficient (Wildman–Crippen LogP) is 1.81. The van der Waals surface area contributed by atoms with Crippen LogP contribution in [0.1, 0.15) is 21.3 Å². The summed E-state index contributed by atoms with van der Waals surface area (Å²) in [7, 11) is 1.52. The summed E-state index contributed by atoms with van der Waals surface area (Å²) in [4.78, 5) is 16.0. The van der Waals surface area contributed by atoms with Crippen LogP contribution in [-0.4, -0.2) is 77.6 Å². The molecule has 164 valence electrons. The summed E-state index contributed by atoms with van der Waals surface area (Å²) in [6.07, 6.45) is 0. The van der Waals surface area contributed by atoms with E-state index in [-0.39, 0.29) is 41.2 Å². The van der Waals surface area contributed by atoms with Crippen molar-refractivity contribution in [3.8, 4) is 5.75 Å². The van der Waals surface area contributed by atoms with Gasteiger partial charge in [0.05, 0.1) is 26.4 Å². The Hall–Kier alpha value is -1.98. The second-order valence-corrected chi connectivity index (χ2v) is 9.97. The van der Waals surface area contributed by atoms with Gasteiger partial charge in [-0.25, -0.2) is 8.42 Å². The third-order valence-corrected chi connectivity index (χ3v) is 7.86. The fourth-order valence-corrected chi connectivity index (χ4v) is 5.77. The molecule has 0 aliphatic carbocycles. The standard InChI is InChI=1S/C20H27N3O5S2/c1-22(2)16(18-5-4-12-29-18)14-21-20(24)15-6-7-17(27-3)19(13-15)30(25,26)23-8-10-28-11-9-23/h4-7,12-13,16H,8-11,14H2,1-3H3,(H,21,24). The molecule has 1 aliphatic rings. The largest absolute Gasteiger partial charge is 0.495 e. The Balaban J connectivity index is 1.80. The van der Waals surface area contributed by atoms with Crippen molar-refractivity contribution in [1.29, 1.82) is 0 Å². The zero-order valence-electron chi connectivity index (χ0n) is 17.3. The average molecular weight is 454 g/mol. The SMILES string of the molecule is COc1ccc(C(=O)NCC(c2cccs2)N(C)C)cc1S(=O)(=O)N1CCOCC1. The van der Waals surface area contributed by atoms with Crippen LogP contribution in [0.4, 0.5) is 0 Å². The number of nitrogens with one attached hydrogen (secondary N) is 1. The number of likely N-dealkylation sites (N-methyl/N-ethyl adjacent to an activating group) is 1. The highest BCUT2D eigenvalue weighted by Gasteiger charge is 2.30. The first-order valence-corrected chi connectivity index (χ1v) is 11.9. The van der Waals surface area contributed by atoms with Crippen LogP contribution in [0.25, 0.3) is 0 Å². The molecule has 1 aromatic carbocycles. The molecule has 1 fully saturated rings. The Morgan fingerprint density at radius 1 is 1.30 bits per heavy atom. The van der Waals surface area contributed by atoms with Gasteiger partial charge in [0.15, 0.2) is 0 Å². The first kappa shape index (κ1) is 22.7. The maximum Gasteiger partial charge on any atom is 0.251 e. The number of morpholine rings is 1. The number of hydrogen-bond acceptors (Lipinski definition) is 7. The smallest absolute Gasteiger partial charge is 0.251 e. The quantitative estimate of drug-likeness (QED) is 0.656. The highest BCUT2D eigenvalue weighted by Crippen LogP contribution is 2.29. The average Bonchev–Trinajstić information content (AvgIpc) is 3.28. The van der Waals surface area contributed by atoms with E-state index in [0.717, 1.165) is 4.88 Å². The Morgan fingerprint density at radius 3 is 2.63 bits per heavy atom. The van der Waals surface area contributed by atoms with Crippen molar-refractivity contribution >= 4 is 27.3 Å². The molecule has 10 heteroatoms. The van der Waals surface area contributed by atoms with E-state index in [9.17, 15) is 13.2 Å². The minimum Gasteiger partial charge on any atom is -0.495 e. The molecule has 1 amide bonds. The molecule has 30 heavy (non-hydrogen) atoms. The van der Waals surface area contributed by atoms with E-state index in [2.05, 4.69) is 5.32 Å². The molecule has 2 heterocycles.